The molecule has 0 spiro atoms. The van der Waals surface area contributed by atoms with Gasteiger partial charge < -0.3 is 5.32 Å². The Balaban J connectivity index is 1.34. The zero-order valence-corrected chi connectivity index (χ0v) is 17.8. The molecule has 1 N–H and O–H groups in total. The standard InChI is InChI=1S/C25H26ClFN2O/c1-16(15-29-25(30)19-6-8-20(26)9-7-19)17-2-4-18(5-3-17)22-12-13-28-24-11-10-21(27)14-23(22)24/h6-14,16-18H,2-5,15H2,1H3,(H,29,30). The molecule has 1 aromatic heterocycles. The molecule has 1 amide bonds. The summed E-state index contributed by atoms with van der Waals surface area (Å²) in [6.07, 6.45) is 6.21. The highest BCUT2D eigenvalue weighted by Gasteiger charge is 2.27. The van der Waals surface area contributed by atoms with E-state index in [4.69, 9.17) is 11.6 Å². The van der Waals surface area contributed by atoms with E-state index in [0.29, 0.717) is 34.9 Å². The predicted octanol–water partition coefficient (Wildman–Crippen LogP) is 6.37. The summed E-state index contributed by atoms with van der Waals surface area (Å²) >= 11 is 5.89. The molecule has 3 nitrogen and oxygen atoms in total. The van der Waals surface area contributed by atoms with Gasteiger partial charge in [0.15, 0.2) is 0 Å². The number of nitrogens with zero attached hydrogens (tertiary/aromatic N) is 1. The molecule has 5 heteroatoms. The van der Waals surface area contributed by atoms with Gasteiger partial charge in [-0.15, -0.1) is 0 Å². The van der Waals surface area contributed by atoms with E-state index < -0.39 is 0 Å². The van der Waals surface area contributed by atoms with Gasteiger partial charge in [-0.1, -0.05) is 18.5 Å². The Morgan fingerprint density at radius 2 is 1.87 bits per heavy atom. The largest absolute Gasteiger partial charge is 0.352 e. The van der Waals surface area contributed by atoms with Crippen molar-refractivity contribution in [3.8, 4) is 0 Å². The number of nitrogens with one attached hydrogen (secondary N) is 1. The van der Waals surface area contributed by atoms with E-state index in [1.807, 2.05) is 12.3 Å². The number of amides is 1. The lowest BCUT2D eigenvalue weighted by Gasteiger charge is -2.33. The van der Waals surface area contributed by atoms with E-state index in [0.717, 1.165) is 36.6 Å². The fourth-order valence-corrected chi connectivity index (χ4v) is 4.74. The van der Waals surface area contributed by atoms with Crippen molar-refractivity contribution in [2.75, 3.05) is 6.54 Å². The molecule has 3 aromatic rings. The summed E-state index contributed by atoms with van der Waals surface area (Å²) in [5.74, 6) is 1.16. The first kappa shape index (κ1) is 20.8. The summed E-state index contributed by atoms with van der Waals surface area (Å²) in [7, 11) is 0. The molecule has 1 heterocycles. The number of halogens is 2. The Labute approximate surface area is 181 Å². The van der Waals surface area contributed by atoms with Crippen LogP contribution in [0.15, 0.2) is 54.7 Å². The van der Waals surface area contributed by atoms with Crippen LogP contribution >= 0.6 is 11.6 Å². The number of carbonyl (C=O) groups is 1. The van der Waals surface area contributed by atoms with E-state index in [1.165, 1.54) is 11.6 Å². The highest BCUT2D eigenvalue weighted by molar-refractivity contribution is 6.30. The van der Waals surface area contributed by atoms with Crippen molar-refractivity contribution in [3.63, 3.8) is 0 Å². The minimum absolute atomic E-state index is 0.0579. The van der Waals surface area contributed by atoms with Crippen LogP contribution in [0.3, 0.4) is 0 Å². The first-order valence-corrected chi connectivity index (χ1v) is 11.0. The van der Waals surface area contributed by atoms with Crippen LogP contribution in [0.4, 0.5) is 4.39 Å². The Morgan fingerprint density at radius 1 is 1.13 bits per heavy atom. The van der Waals surface area contributed by atoms with Crippen LogP contribution in [0.5, 0.6) is 0 Å². The average Bonchev–Trinajstić information content (AvgIpc) is 2.77. The van der Waals surface area contributed by atoms with Gasteiger partial charge in [-0.2, -0.15) is 0 Å². The number of hydrogen-bond donors (Lipinski definition) is 1. The number of carbonyl (C=O) groups excluding carboxylic acids is 1. The topological polar surface area (TPSA) is 42.0 Å². The number of aromatic nitrogens is 1. The van der Waals surface area contributed by atoms with Crippen LogP contribution in [0.1, 0.15) is 54.4 Å². The molecule has 1 fully saturated rings. The zero-order chi connectivity index (χ0) is 21.1. The third-order valence-electron chi connectivity index (χ3n) is 6.44. The fourth-order valence-electron chi connectivity index (χ4n) is 4.62. The summed E-state index contributed by atoms with van der Waals surface area (Å²) in [4.78, 5) is 16.7. The molecule has 2 aromatic carbocycles. The van der Waals surface area contributed by atoms with Crippen LogP contribution in [-0.4, -0.2) is 17.4 Å². The molecule has 0 bridgehead atoms. The second-order valence-electron chi connectivity index (χ2n) is 8.37. The van der Waals surface area contributed by atoms with Crippen molar-refractivity contribution in [1.82, 2.24) is 10.3 Å². The van der Waals surface area contributed by atoms with Gasteiger partial charge in [0, 0.05) is 28.7 Å². The predicted molar refractivity (Wildman–Crippen MR) is 119 cm³/mol. The SMILES string of the molecule is CC(CNC(=O)c1ccc(Cl)cc1)C1CCC(c2ccnc3ccc(F)cc23)CC1. The third-order valence-corrected chi connectivity index (χ3v) is 6.70. The summed E-state index contributed by atoms with van der Waals surface area (Å²) in [5.41, 5.74) is 2.70. The first-order valence-electron chi connectivity index (χ1n) is 10.6. The smallest absolute Gasteiger partial charge is 0.251 e. The maximum absolute atomic E-state index is 13.8. The molecular weight excluding hydrogens is 399 g/mol. The van der Waals surface area contributed by atoms with Crippen LogP contribution in [0.2, 0.25) is 5.02 Å². The minimum Gasteiger partial charge on any atom is -0.352 e. The average molecular weight is 425 g/mol. The van der Waals surface area contributed by atoms with Crippen LogP contribution in [0.25, 0.3) is 10.9 Å². The van der Waals surface area contributed by atoms with Gasteiger partial charge in [-0.3, -0.25) is 9.78 Å². The normalized spacial score (nSPS) is 20.1. The number of hydrogen-bond acceptors (Lipinski definition) is 2. The lowest BCUT2D eigenvalue weighted by atomic mass is 9.74. The quantitative estimate of drug-likeness (QED) is 0.517. The number of fused-ring (bicyclic) bond motifs is 1. The molecule has 30 heavy (non-hydrogen) atoms. The lowest BCUT2D eigenvalue weighted by molar-refractivity contribution is 0.0939. The van der Waals surface area contributed by atoms with Crippen molar-refractivity contribution < 1.29 is 9.18 Å². The fraction of sp³-hybridized carbons (Fsp3) is 0.360. The van der Waals surface area contributed by atoms with E-state index in [1.54, 1.807) is 36.4 Å². The van der Waals surface area contributed by atoms with Gasteiger partial charge in [0.05, 0.1) is 5.52 Å². The van der Waals surface area contributed by atoms with E-state index in [9.17, 15) is 9.18 Å². The van der Waals surface area contributed by atoms with Crippen LogP contribution < -0.4 is 5.32 Å². The van der Waals surface area contributed by atoms with Gasteiger partial charge in [0.1, 0.15) is 5.82 Å². The summed E-state index contributed by atoms with van der Waals surface area (Å²) in [6.45, 7) is 2.88. The zero-order valence-electron chi connectivity index (χ0n) is 17.1. The first-order chi connectivity index (χ1) is 14.5. The second kappa shape index (κ2) is 9.13. The molecule has 1 unspecified atom stereocenters. The van der Waals surface area contributed by atoms with Crippen molar-refractivity contribution >= 4 is 28.4 Å². The van der Waals surface area contributed by atoms with Crippen molar-refractivity contribution in [3.05, 3.63) is 76.7 Å². The van der Waals surface area contributed by atoms with Gasteiger partial charge in [0.25, 0.3) is 5.91 Å². The van der Waals surface area contributed by atoms with E-state index in [-0.39, 0.29) is 11.7 Å². The molecule has 4 rings (SSSR count). The minimum atomic E-state index is -0.213. The second-order valence-corrected chi connectivity index (χ2v) is 8.80. The maximum Gasteiger partial charge on any atom is 0.251 e. The Bertz CT molecular complexity index is 1030. The maximum atomic E-state index is 13.8. The van der Waals surface area contributed by atoms with Gasteiger partial charge in [0.2, 0.25) is 0 Å². The summed E-state index contributed by atoms with van der Waals surface area (Å²) in [6, 6.07) is 13.8. The molecule has 0 saturated heterocycles. The van der Waals surface area contributed by atoms with Crippen LogP contribution in [0, 0.1) is 17.7 Å². The van der Waals surface area contributed by atoms with Crippen molar-refractivity contribution in [1.29, 1.82) is 0 Å². The molecule has 1 aliphatic carbocycles. The highest BCUT2D eigenvalue weighted by Crippen LogP contribution is 2.40. The number of benzene rings is 2. The molecule has 1 aliphatic rings. The molecule has 156 valence electrons. The molecular formula is C25H26ClFN2O. The molecule has 1 saturated carbocycles. The summed E-state index contributed by atoms with van der Waals surface area (Å²) in [5, 5.41) is 4.62. The van der Waals surface area contributed by atoms with Gasteiger partial charge >= 0.3 is 0 Å². The van der Waals surface area contributed by atoms with E-state index in [2.05, 4.69) is 17.2 Å². The number of pyridine rings is 1. The Morgan fingerprint density at radius 3 is 2.60 bits per heavy atom. The van der Waals surface area contributed by atoms with Crippen LogP contribution in [-0.2, 0) is 0 Å². The van der Waals surface area contributed by atoms with Crippen molar-refractivity contribution in [2.24, 2.45) is 11.8 Å². The summed E-state index contributed by atoms with van der Waals surface area (Å²) < 4.78 is 13.8. The molecule has 0 aliphatic heterocycles. The number of rotatable bonds is 5. The van der Waals surface area contributed by atoms with Gasteiger partial charge in [-0.25, -0.2) is 4.39 Å². The van der Waals surface area contributed by atoms with Crippen molar-refractivity contribution in [2.45, 2.75) is 38.5 Å². The molecule has 0 radical (unpaired) electrons. The molecule has 1 atom stereocenters. The monoisotopic (exact) mass is 424 g/mol. The van der Waals surface area contributed by atoms with Gasteiger partial charge in [-0.05, 0) is 97.5 Å². The third kappa shape index (κ3) is 4.65. The Hall–Kier alpha value is -2.46. The lowest BCUT2D eigenvalue weighted by Crippen LogP contribution is -2.32. The highest BCUT2D eigenvalue weighted by atomic mass is 35.5. The van der Waals surface area contributed by atoms with E-state index >= 15 is 0 Å². The Kier molecular flexibility index (Phi) is 6.33.